The third kappa shape index (κ3) is 2.46. The van der Waals surface area contributed by atoms with Crippen LogP contribution in [0, 0.1) is 5.82 Å². The van der Waals surface area contributed by atoms with Gasteiger partial charge < -0.3 is 0 Å². The predicted octanol–water partition coefficient (Wildman–Crippen LogP) is 3.27. The van der Waals surface area contributed by atoms with Crippen molar-refractivity contribution in [1.82, 2.24) is 4.90 Å². The van der Waals surface area contributed by atoms with Gasteiger partial charge in [0.2, 0.25) is 0 Å². The summed E-state index contributed by atoms with van der Waals surface area (Å²) in [7, 11) is 0. The van der Waals surface area contributed by atoms with E-state index in [1.807, 2.05) is 6.92 Å². The van der Waals surface area contributed by atoms with Gasteiger partial charge in [0.05, 0.1) is 4.91 Å². The van der Waals surface area contributed by atoms with Gasteiger partial charge in [0.25, 0.3) is 11.1 Å². The van der Waals surface area contributed by atoms with Crippen molar-refractivity contribution in [1.29, 1.82) is 0 Å². The van der Waals surface area contributed by atoms with Crippen LogP contribution in [-0.2, 0) is 4.79 Å². The van der Waals surface area contributed by atoms with Gasteiger partial charge in [-0.3, -0.25) is 14.5 Å². The molecule has 1 aromatic carbocycles. The zero-order chi connectivity index (χ0) is 13.1. The van der Waals surface area contributed by atoms with Crippen molar-refractivity contribution in [3.05, 3.63) is 40.6 Å². The molecule has 5 heteroatoms. The van der Waals surface area contributed by atoms with Gasteiger partial charge in [-0.05, 0) is 30.3 Å². The molecule has 2 amide bonds. The van der Waals surface area contributed by atoms with E-state index in [-0.39, 0.29) is 16.1 Å². The summed E-state index contributed by atoms with van der Waals surface area (Å²) in [6.45, 7) is 2.29. The van der Waals surface area contributed by atoms with Crippen molar-refractivity contribution in [3.63, 3.8) is 0 Å². The minimum atomic E-state index is -0.403. The lowest BCUT2D eigenvalue weighted by Crippen LogP contribution is -2.28. The van der Waals surface area contributed by atoms with Crippen molar-refractivity contribution in [3.8, 4) is 0 Å². The highest BCUT2D eigenvalue weighted by Crippen LogP contribution is 2.32. The van der Waals surface area contributed by atoms with Crippen molar-refractivity contribution in [2.24, 2.45) is 0 Å². The maximum Gasteiger partial charge on any atom is 0.293 e. The molecule has 94 valence electrons. The molecular formula is C13H12FNO2S. The van der Waals surface area contributed by atoms with E-state index in [4.69, 9.17) is 0 Å². The molecule has 1 aromatic rings. The molecule has 0 unspecified atom stereocenters. The highest BCUT2D eigenvalue weighted by atomic mass is 32.2. The van der Waals surface area contributed by atoms with E-state index >= 15 is 0 Å². The first-order valence-electron chi connectivity index (χ1n) is 5.63. The van der Waals surface area contributed by atoms with E-state index in [0.29, 0.717) is 18.5 Å². The number of hydrogen-bond donors (Lipinski definition) is 0. The molecule has 0 atom stereocenters. The smallest absolute Gasteiger partial charge is 0.268 e. The molecule has 18 heavy (non-hydrogen) atoms. The van der Waals surface area contributed by atoms with Crippen LogP contribution in [0.4, 0.5) is 9.18 Å². The lowest BCUT2D eigenvalue weighted by molar-refractivity contribution is -0.122. The molecule has 0 spiro atoms. The van der Waals surface area contributed by atoms with Crippen LogP contribution >= 0.6 is 11.8 Å². The average molecular weight is 265 g/mol. The van der Waals surface area contributed by atoms with Crippen LogP contribution in [-0.4, -0.2) is 22.6 Å². The number of halogens is 1. The Morgan fingerprint density at radius 2 is 2.06 bits per heavy atom. The summed E-state index contributed by atoms with van der Waals surface area (Å²) in [6, 6.07) is 6.16. The van der Waals surface area contributed by atoms with Crippen molar-refractivity contribution < 1.29 is 14.0 Å². The number of thioether (sulfide) groups is 1. The molecule has 1 fully saturated rings. The highest BCUT2D eigenvalue weighted by Gasteiger charge is 2.34. The number of amides is 2. The van der Waals surface area contributed by atoms with Crippen LogP contribution in [0.25, 0.3) is 6.08 Å². The largest absolute Gasteiger partial charge is 0.293 e. The molecule has 0 bridgehead atoms. The molecule has 0 N–H and O–H groups in total. The van der Waals surface area contributed by atoms with Crippen molar-refractivity contribution >= 4 is 29.0 Å². The Morgan fingerprint density at radius 3 is 2.72 bits per heavy atom. The predicted molar refractivity (Wildman–Crippen MR) is 69.4 cm³/mol. The number of carbonyl (C=O) groups is 2. The molecule has 1 heterocycles. The number of imide groups is 1. The van der Waals surface area contributed by atoms with Crippen molar-refractivity contribution in [2.75, 3.05) is 6.54 Å². The van der Waals surface area contributed by atoms with Gasteiger partial charge in [-0.2, -0.15) is 0 Å². The zero-order valence-electron chi connectivity index (χ0n) is 9.85. The standard InChI is InChI=1S/C13H12FNO2S/c1-2-7-15-12(16)11(18-13(15)17)8-9-5-3-4-6-10(9)14/h3-6,8H,2,7H2,1H3/b11-8+. The molecule has 0 saturated carbocycles. The fraction of sp³-hybridized carbons (Fsp3) is 0.231. The summed E-state index contributed by atoms with van der Waals surface area (Å²) >= 11 is 0.857. The quantitative estimate of drug-likeness (QED) is 0.787. The number of benzene rings is 1. The summed E-state index contributed by atoms with van der Waals surface area (Å²) in [5.74, 6) is -0.741. The Hall–Kier alpha value is -1.62. The maximum atomic E-state index is 13.4. The first-order valence-corrected chi connectivity index (χ1v) is 6.45. The molecule has 0 radical (unpaired) electrons. The van der Waals surface area contributed by atoms with E-state index in [1.54, 1.807) is 18.2 Å². The van der Waals surface area contributed by atoms with Gasteiger partial charge in [-0.15, -0.1) is 0 Å². The molecule has 0 aromatic heterocycles. The van der Waals surface area contributed by atoms with Crippen LogP contribution in [0.3, 0.4) is 0 Å². The van der Waals surface area contributed by atoms with Gasteiger partial charge in [0.15, 0.2) is 0 Å². The van der Waals surface area contributed by atoms with Crippen LogP contribution < -0.4 is 0 Å². The topological polar surface area (TPSA) is 37.4 Å². The normalized spacial score (nSPS) is 17.9. The molecule has 2 rings (SSSR count). The van der Waals surface area contributed by atoms with E-state index in [9.17, 15) is 14.0 Å². The van der Waals surface area contributed by atoms with Crippen LogP contribution in [0.15, 0.2) is 29.2 Å². The SMILES string of the molecule is CCCN1C(=O)S/C(=C/c2ccccc2F)C1=O. The summed E-state index contributed by atoms with van der Waals surface area (Å²) in [6.07, 6.45) is 2.14. The number of rotatable bonds is 3. The fourth-order valence-corrected chi connectivity index (χ4v) is 2.51. The third-order valence-electron chi connectivity index (χ3n) is 2.51. The molecule has 1 aliphatic heterocycles. The zero-order valence-corrected chi connectivity index (χ0v) is 10.7. The number of hydrogen-bond acceptors (Lipinski definition) is 3. The Balaban J connectivity index is 2.28. The first kappa shape index (κ1) is 12.8. The minimum Gasteiger partial charge on any atom is -0.268 e. The van der Waals surface area contributed by atoms with Crippen molar-refractivity contribution in [2.45, 2.75) is 13.3 Å². The second-order valence-electron chi connectivity index (χ2n) is 3.85. The Bertz CT molecular complexity index is 527. The summed E-state index contributed by atoms with van der Waals surface area (Å²) < 4.78 is 13.4. The molecule has 0 aliphatic carbocycles. The lowest BCUT2D eigenvalue weighted by Gasteiger charge is -2.09. The van der Waals surface area contributed by atoms with E-state index in [2.05, 4.69) is 0 Å². The number of nitrogens with zero attached hydrogens (tertiary/aromatic N) is 1. The number of carbonyl (C=O) groups excluding carboxylic acids is 2. The molecular weight excluding hydrogens is 253 g/mol. The fourth-order valence-electron chi connectivity index (χ4n) is 1.65. The molecule has 3 nitrogen and oxygen atoms in total. The van der Waals surface area contributed by atoms with Gasteiger partial charge in [0, 0.05) is 12.1 Å². The van der Waals surface area contributed by atoms with Crippen LogP contribution in [0.5, 0.6) is 0 Å². The Morgan fingerprint density at radius 1 is 1.33 bits per heavy atom. The highest BCUT2D eigenvalue weighted by molar-refractivity contribution is 8.18. The average Bonchev–Trinajstić information content (AvgIpc) is 2.60. The second kappa shape index (κ2) is 5.35. The van der Waals surface area contributed by atoms with Gasteiger partial charge in [-0.1, -0.05) is 25.1 Å². The Labute approximate surface area is 109 Å². The second-order valence-corrected chi connectivity index (χ2v) is 4.85. The molecule has 1 aliphatic rings. The van der Waals surface area contributed by atoms with Gasteiger partial charge >= 0.3 is 0 Å². The Kier molecular flexibility index (Phi) is 3.81. The van der Waals surface area contributed by atoms with E-state index < -0.39 is 5.82 Å². The van der Waals surface area contributed by atoms with Crippen LogP contribution in [0.1, 0.15) is 18.9 Å². The summed E-state index contributed by atoms with van der Waals surface area (Å²) in [5.41, 5.74) is 0.319. The summed E-state index contributed by atoms with van der Waals surface area (Å²) in [4.78, 5) is 25.0. The summed E-state index contributed by atoms with van der Waals surface area (Å²) in [5, 5.41) is -0.288. The first-order chi connectivity index (χ1) is 8.63. The lowest BCUT2D eigenvalue weighted by atomic mass is 10.2. The molecule has 1 saturated heterocycles. The minimum absolute atomic E-state index is 0.276. The van der Waals surface area contributed by atoms with Gasteiger partial charge in [-0.25, -0.2) is 4.39 Å². The van der Waals surface area contributed by atoms with Gasteiger partial charge in [0.1, 0.15) is 5.82 Å². The monoisotopic (exact) mass is 265 g/mol. The van der Waals surface area contributed by atoms with E-state index in [0.717, 1.165) is 11.8 Å². The van der Waals surface area contributed by atoms with Crippen LogP contribution in [0.2, 0.25) is 0 Å². The van der Waals surface area contributed by atoms with E-state index in [1.165, 1.54) is 17.0 Å². The maximum absolute atomic E-state index is 13.4. The third-order valence-corrected chi connectivity index (χ3v) is 3.42.